The summed E-state index contributed by atoms with van der Waals surface area (Å²) in [5.41, 5.74) is 3.86. The van der Waals surface area contributed by atoms with E-state index in [2.05, 4.69) is 15.4 Å². The number of benzene rings is 1. The second-order valence-corrected chi connectivity index (χ2v) is 4.41. The van der Waals surface area contributed by atoms with Crippen molar-refractivity contribution < 1.29 is 9.13 Å². The van der Waals surface area contributed by atoms with Crippen LogP contribution in [0.15, 0.2) is 24.5 Å². The van der Waals surface area contributed by atoms with Crippen molar-refractivity contribution in [1.82, 2.24) is 9.97 Å². The van der Waals surface area contributed by atoms with Gasteiger partial charge in [-0.3, -0.25) is 0 Å². The molecular formula is C14H17FN4O. The average molecular weight is 276 g/mol. The first kappa shape index (κ1) is 14.2. The summed E-state index contributed by atoms with van der Waals surface area (Å²) in [5, 5.41) is 0. The van der Waals surface area contributed by atoms with Crippen molar-refractivity contribution >= 4 is 5.82 Å². The molecule has 106 valence electrons. The molecule has 1 aromatic carbocycles. The van der Waals surface area contributed by atoms with E-state index < -0.39 is 0 Å². The molecule has 1 heterocycles. The largest absolute Gasteiger partial charge is 0.439 e. The topological polar surface area (TPSA) is 73.1 Å². The zero-order valence-electron chi connectivity index (χ0n) is 11.5. The number of hydrogen-bond acceptors (Lipinski definition) is 5. The van der Waals surface area contributed by atoms with E-state index in [9.17, 15) is 4.39 Å². The van der Waals surface area contributed by atoms with E-state index in [-0.39, 0.29) is 5.82 Å². The molecule has 5 nitrogen and oxygen atoms in total. The number of rotatable bonds is 5. The highest BCUT2D eigenvalue weighted by Crippen LogP contribution is 2.28. The van der Waals surface area contributed by atoms with Crippen molar-refractivity contribution in [3.05, 3.63) is 41.5 Å². The first-order valence-corrected chi connectivity index (χ1v) is 6.40. The molecule has 20 heavy (non-hydrogen) atoms. The normalized spacial score (nSPS) is 10.4. The van der Waals surface area contributed by atoms with E-state index in [0.717, 1.165) is 18.4 Å². The maximum absolute atomic E-state index is 13.2. The van der Waals surface area contributed by atoms with Gasteiger partial charge in [0.25, 0.3) is 0 Å². The highest BCUT2D eigenvalue weighted by molar-refractivity contribution is 5.49. The van der Waals surface area contributed by atoms with E-state index in [1.165, 1.54) is 12.4 Å². The maximum atomic E-state index is 13.2. The quantitative estimate of drug-likeness (QED) is 0.649. The lowest BCUT2D eigenvalue weighted by molar-refractivity contribution is 0.452. The summed E-state index contributed by atoms with van der Waals surface area (Å²) in [6.07, 6.45) is 3.01. The predicted octanol–water partition coefficient (Wildman–Crippen LogP) is 2.95. The molecule has 6 heteroatoms. The number of nitrogens with zero attached hydrogens (tertiary/aromatic N) is 2. The Morgan fingerprint density at radius 1 is 1.35 bits per heavy atom. The van der Waals surface area contributed by atoms with Crippen LogP contribution in [-0.4, -0.2) is 9.97 Å². The van der Waals surface area contributed by atoms with Crippen LogP contribution in [0, 0.1) is 12.7 Å². The Hall–Kier alpha value is -2.21. The minimum absolute atomic E-state index is 0.266. The summed E-state index contributed by atoms with van der Waals surface area (Å²) < 4.78 is 19.0. The minimum atomic E-state index is -0.266. The fourth-order valence-corrected chi connectivity index (χ4v) is 1.88. The molecule has 0 aliphatic carbocycles. The van der Waals surface area contributed by atoms with Crippen LogP contribution in [0.1, 0.15) is 24.5 Å². The number of aryl methyl sites for hydroxylation is 1. The Labute approximate surface area is 117 Å². The van der Waals surface area contributed by atoms with Crippen molar-refractivity contribution in [3.63, 3.8) is 0 Å². The third-order valence-electron chi connectivity index (χ3n) is 2.89. The Balaban J connectivity index is 2.34. The number of aromatic nitrogens is 2. The molecule has 2 rings (SSSR count). The van der Waals surface area contributed by atoms with Gasteiger partial charge in [0, 0.05) is 0 Å². The first-order chi connectivity index (χ1) is 9.65. The van der Waals surface area contributed by atoms with Gasteiger partial charge in [-0.05, 0) is 37.1 Å². The highest BCUT2D eigenvalue weighted by atomic mass is 19.1. The number of ether oxygens (including phenoxy) is 1. The molecule has 0 spiro atoms. The fraction of sp³-hybridized carbons (Fsp3) is 0.286. The zero-order chi connectivity index (χ0) is 14.5. The molecule has 0 unspecified atom stereocenters. The summed E-state index contributed by atoms with van der Waals surface area (Å²) in [6, 6.07) is 4.56. The van der Waals surface area contributed by atoms with Gasteiger partial charge in [-0.15, -0.1) is 0 Å². The Morgan fingerprint density at radius 3 is 2.80 bits per heavy atom. The monoisotopic (exact) mass is 276 g/mol. The zero-order valence-corrected chi connectivity index (χ0v) is 11.5. The maximum Gasteiger partial charge on any atom is 0.227 e. The first-order valence-electron chi connectivity index (χ1n) is 6.40. The number of hydrogen-bond donors (Lipinski definition) is 2. The molecule has 0 aliphatic rings. The molecule has 2 aromatic rings. The van der Waals surface area contributed by atoms with Gasteiger partial charge in [-0.25, -0.2) is 20.2 Å². The van der Waals surface area contributed by atoms with Crippen LogP contribution in [0.2, 0.25) is 0 Å². The van der Waals surface area contributed by atoms with Gasteiger partial charge in [0.2, 0.25) is 5.88 Å². The molecular weight excluding hydrogens is 259 g/mol. The molecule has 1 aromatic heterocycles. The SMILES string of the molecule is CCCc1c(NN)ncnc1Oc1ccc(F)c(C)c1. The third-order valence-corrected chi connectivity index (χ3v) is 2.89. The summed E-state index contributed by atoms with van der Waals surface area (Å²) >= 11 is 0. The number of nitrogen functional groups attached to an aromatic ring is 1. The average Bonchev–Trinajstić information content (AvgIpc) is 2.45. The van der Waals surface area contributed by atoms with Gasteiger partial charge in [-0.1, -0.05) is 13.3 Å². The van der Waals surface area contributed by atoms with Crippen LogP contribution in [0.5, 0.6) is 11.6 Å². The molecule has 0 aliphatic heterocycles. The predicted molar refractivity (Wildman–Crippen MR) is 75.0 cm³/mol. The molecule has 0 amide bonds. The van der Waals surface area contributed by atoms with Crippen LogP contribution in [0.4, 0.5) is 10.2 Å². The lowest BCUT2D eigenvalue weighted by atomic mass is 10.1. The van der Waals surface area contributed by atoms with Crippen molar-refractivity contribution in [2.24, 2.45) is 5.84 Å². The summed E-state index contributed by atoms with van der Waals surface area (Å²) in [4.78, 5) is 8.19. The van der Waals surface area contributed by atoms with E-state index in [4.69, 9.17) is 10.6 Å². The van der Waals surface area contributed by atoms with E-state index in [1.54, 1.807) is 19.1 Å². The number of nitrogens with two attached hydrogens (primary N) is 1. The van der Waals surface area contributed by atoms with Gasteiger partial charge >= 0.3 is 0 Å². The smallest absolute Gasteiger partial charge is 0.227 e. The molecule has 0 fully saturated rings. The fourth-order valence-electron chi connectivity index (χ4n) is 1.88. The van der Waals surface area contributed by atoms with Gasteiger partial charge in [-0.2, -0.15) is 0 Å². The van der Waals surface area contributed by atoms with Gasteiger partial charge in [0.1, 0.15) is 23.7 Å². The molecule has 0 saturated carbocycles. The van der Waals surface area contributed by atoms with Crippen LogP contribution >= 0.6 is 0 Å². The van der Waals surface area contributed by atoms with Crippen LogP contribution in [-0.2, 0) is 6.42 Å². The van der Waals surface area contributed by atoms with E-state index in [0.29, 0.717) is 23.0 Å². The Kier molecular flexibility index (Phi) is 4.47. The molecule has 0 radical (unpaired) electrons. The van der Waals surface area contributed by atoms with Crippen molar-refractivity contribution in [3.8, 4) is 11.6 Å². The molecule has 0 bridgehead atoms. The number of hydrazine groups is 1. The second kappa shape index (κ2) is 6.29. The summed E-state index contributed by atoms with van der Waals surface area (Å²) in [7, 11) is 0. The van der Waals surface area contributed by atoms with Crippen LogP contribution in [0.25, 0.3) is 0 Å². The minimum Gasteiger partial charge on any atom is -0.439 e. The Bertz CT molecular complexity index is 604. The number of anilines is 1. The van der Waals surface area contributed by atoms with Gasteiger partial charge in [0.15, 0.2) is 0 Å². The molecule has 3 N–H and O–H groups in total. The van der Waals surface area contributed by atoms with Crippen molar-refractivity contribution in [2.45, 2.75) is 26.7 Å². The third kappa shape index (κ3) is 3.03. The Morgan fingerprint density at radius 2 is 2.15 bits per heavy atom. The van der Waals surface area contributed by atoms with Gasteiger partial charge < -0.3 is 10.2 Å². The standard InChI is InChI=1S/C14H17FN4O/c1-3-4-11-13(19-16)17-8-18-14(11)20-10-5-6-12(15)9(2)7-10/h5-8H,3-4,16H2,1-2H3,(H,17,18,19). The lowest BCUT2D eigenvalue weighted by Crippen LogP contribution is -2.12. The molecule has 0 atom stereocenters. The number of nitrogens with one attached hydrogen (secondary N) is 1. The van der Waals surface area contributed by atoms with Crippen molar-refractivity contribution in [1.29, 1.82) is 0 Å². The molecule has 0 saturated heterocycles. The van der Waals surface area contributed by atoms with E-state index >= 15 is 0 Å². The van der Waals surface area contributed by atoms with Crippen LogP contribution < -0.4 is 16.0 Å². The van der Waals surface area contributed by atoms with Gasteiger partial charge in [0.05, 0.1) is 5.56 Å². The number of halogens is 1. The summed E-state index contributed by atoms with van der Waals surface area (Å²) in [6.45, 7) is 3.72. The van der Waals surface area contributed by atoms with E-state index in [1.807, 2.05) is 6.92 Å². The van der Waals surface area contributed by atoms with Crippen molar-refractivity contribution in [2.75, 3.05) is 5.43 Å². The summed E-state index contributed by atoms with van der Waals surface area (Å²) in [5.74, 6) is 6.68. The second-order valence-electron chi connectivity index (χ2n) is 4.41. The highest BCUT2D eigenvalue weighted by Gasteiger charge is 2.12. The lowest BCUT2D eigenvalue weighted by Gasteiger charge is -2.12. The van der Waals surface area contributed by atoms with Crippen LogP contribution in [0.3, 0.4) is 0 Å².